The van der Waals surface area contributed by atoms with E-state index in [1.165, 1.54) is 0 Å². The van der Waals surface area contributed by atoms with E-state index in [0.29, 0.717) is 6.04 Å². The highest BCUT2D eigenvalue weighted by molar-refractivity contribution is 4.88. The minimum atomic E-state index is -0.210. The summed E-state index contributed by atoms with van der Waals surface area (Å²) in [6.07, 6.45) is 8.66. The molecule has 2 fully saturated rings. The van der Waals surface area contributed by atoms with Crippen LogP contribution in [-0.2, 0) is 9.47 Å². The molecule has 2 aliphatic rings. The molecule has 1 aliphatic heterocycles. The summed E-state index contributed by atoms with van der Waals surface area (Å²) in [5.41, 5.74) is 0. The van der Waals surface area contributed by atoms with Crippen LogP contribution in [0.2, 0.25) is 0 Å². The second-order valence-electron chi connectivity index (χ2n) is 4.36. The van der Waals surface area contributed by atoms with Crippen molar-refractivity contribution >= 4 is 0 Å². The lowest BCUT2D eigenvalue weighted by atomic mass is 9.90. The number of nitrogens with one attached hydrogen (secondary N) is 1. The van der Waals surface area contributed by atoms with Crippen LogP contribution in [0.5, 0.6) is 0 Å². The highest BCUT2D eigenvalue weighted by atomic mass is 16.7. The van der Waals surface area contributed by atoms with Crippen LogP contribution in [0.15, 0.2) is 12.2 Å². The van der Waals surface area contributed by atoms with Crippen LogP contribution < -0.4 is 5.32 Å². The molecule has 1 spiro atoms. The van der Waals surface area contributed by atoms with Gasteiger partial charge in [0, 0.05) is 25.4 Å². The maximum Gasteiger partial charge on any atom is 0.168 e. The third-order valence-corrected chi connectivity index (χ3v) is 3.32. The fourth-order valence-electron chi connectivity index (χ4n) is 2.40. The van der Waals surface area contributed by atoms with Crippen molar-refractivity contribution in [2.75, 3.05) is 19.8 Å². The first-order valence-corrected chi connectivity index (χ1v) is 5.97. The number of rotatable bonds is 3. The average Bonchev–Trinajstić information content (AvgIpc) is 2.71. The summed E-state index contributed by atoms with van der Waals surface area (Å²) in [6.45, 7) is 4.58. The molecule has 0 aromatic rings. The van der Waals surface area contributed by atoms with Crippen LogP contribution in [0.4, 0.5) is 0 Å². The Kier molecular flexibility index (Phi) is 3.78. The Bertz CT molecular complexity index is 212. The topological polar surface area (TPSA) is 30.5 Å². The smallest absolute Gasteiger partial charge is 0.168 e. The first-order chi connectivity index (χ1) is 7.35. The summed E-state index contributed by atoms with van der Waals surface area (Å²) in [5.74, 6) is -0.210. The molecule has 3 heteroatoms. The maximum atomic E-state index is 5.69. The monoisotopic (exact) mass is 211 g/mol. The summed E-state index contributed by atoms with van der Waals surface area (Å²) >= 11 is 0. The average molecular weight is 211 g/mol. The highest BCUT2D eigenvalue weighted by Gasteiger charge is 2.39. The fraction of sp³-hybridized carbons (Fsp3) is 0.833. The number of allylic oxidation sites excluding steroid dienone is 1. The maximum absolute atomic E-state index is 5.69. The molecule has 3 nitrogen and oxygen atoms in total. The van der Waals surface area contributed by atoms with Gasteiger partial charge in [-0.25, -0.2) is 0 Å². The number of hydrogen-bond donors (Lipinski definition) is 1. The van der Waals surface area contributed by atoms with Gasteiger partial charge in [0.1, 0.15) is 0 Å². The molecule has 0 unspecified atom stereocenters. The van der Waals surface area contributed by atoms with Crippen LogP contribution in [0.3, 0.4) is 0 Å². The quantitative estimate of drug-likeness (QED) is 0.723. The largest absolute Gasteiger partial charge is 0.348 e. The molecule has 0 amide bonds. The summed E-state index contributed by atoms with van der Waals surface area (Å²) < 4.78 is 11.4. The second kappa shape index (κ2) is 5.10. The number of hydrogen-bond acceptors (Lipinski definition) is 3. The Morgan fingerprint density at radius 2 is 1.93 bits per heavy atom. The fourth-order valence-corrected chi connectivity index (χ4v) is 2.40. The standard InChI is InChI=1S/C12H21NO2/c1-2-3-8-13-11-4-6-12(7-5-11)14-9-10-15-12/h2-3,11,13H,4-10H2,1H3/b3-2+. The molecule has 1 saturated carbocycles. The predicted molar refractivity (Wildman–Crippen MR) is 59.7 cm³/mol. The van der Waals surface area contributed by atoms with Crippen molar-refractivity contribution in [2.45, 2.75) is 44.4 Å². The summed E-state index contributed by atoms with van der Waals surface area (Å²) in [6, 6.07) is 0.639. The Balaban J connectivity index is 1.72. The molecule has 0 aromatic carbocycles. The molecular formula is C12H21NO2. The molecule has 1 N–H and O–H groups in total. The van der Waals surface area contributed by atoms with Crippen molar-refractivity contribution in [3.8, 4) is 0 Å². The van der Waals surface area contributed by atoms with E-state index in [9.17, 15) is 0 Å². The van der Waals surface area contributed by atoms with Crippen molar-refractivity contribution < 1.29 is 9.47 Å². The molecule has 86 valence electrons. The molecule has 1 aliphatic carbocycles. The Labute approximate surface area is 91.8 Å². The molecule has 0 atom stereocenters. The van der Waals surface area contributed by atoms with Gasteiger partial charge in [-0.1, -0.05) is 12.2 Å². The van der Waals surface area contributed by atoms with Crippen molar-refractivity contribution in [3.63, 3.8) is 0 Å². The van der Waals surface area contributed by atoms with Gasteiger partial charge in [-0.05, 0) is 19.8 Å². The molecule has 0 aromatic heterocycles. The SMILES string of the molecule is C/C=C/CNC1CCC2(CC1)OCCO2. The van der Waals surface area contributed by atoms with Gasteiger partial charge in [-0.3, -0.25) is 0 Å². The first kappa shape index (κ1) is 11.1. The van der Waals surface area contributed by atoms with Crippen molar-refractivity contribution in [3.05, 3.63) is 12.2 Å². The Morgan fingerprint density at radius 3 is 2.53 bits per heavy atom. The summed E-state index contributed by atoms with van der Waals surface area (Å²) in [4.78, 5) is 0. The first-order valence-electron chi connectivity index (χ1n) is 5.97. The van der Waals surface area contributed by atoms with Gasteiger partial charge in [0.15, 0.2) is 5.79 Å². The van der Waals surface area contributed by atoms with E-state index in [4.69, 9.17) is 9.47 Å². The van der Waals surface area contributed by atoms with E-state index >= 15 is 0 Å². The normalized spacial score (nSPS) is 26.7. The molecule has 1 heterocycles. The second-order valence-corrected chi connectivity index (χ2v) is 4.36. The van der Waals surface area contributed by atoms with E-state index in [1.54, 1.807) is 0 Å². The van der Waals surface area contributed by atoms with Crippen molar-refractivity contribution in [1.29, 1.82) is 0 Å². The van der Waals surface area contributed by atoms with E-state index in [0.717, 1.165) is 45.4 Å². The Morgan fingerprint density at radius 1 is 1.27 bits per heavy atom. The summed E-state index contributed by atoms with van der Waals surface area (Å²) in [5, 5.41) is 3.53. The highest BCUT2D eigenvalue weighted by Crippen LogP contribution is 2.35. The number of ether oxygens (including phenoxy) is 2. The van der Waals surface area contributed by atoms with Gasteiger partial charge in [0.2, 0.25) is 0 Å². The predicted octanol–water partition coefficient (Wildman–Crippen LogP) is 1.84. The lowest BCUT2D eigenvalue weighted by molar-refractivity contribution is -0.179. The zero-order valence-corrected chi connectivity index (χ0v) is 9.50. The van der Waals surface area contributed by atoms with Gasteiger partial charge >= 0.3 is 0 Å². The zero-order valence-electron chi connectivity index (χ0n) is 9.50. The van der Waals surface area contributed by atoms with Crippen LogP contribution in [0, 0.1) is 0 Å². The molecule has 2 rings (SSSR count). The summed E-state index contributed by atoms with van der Waals surface area (Å²) in [7, 11) is 0. The van der Waals surface area contributed by atoms with Crippen LogP contribution in [0.1, 0.15) is 32.6 Å². The van der Waals surface area contributed by atoms with Crippen LogP contribution in [0.25, 0.3) is 0 Å². The molecule has 0 bridgehead atoms. The van der Waals surface area contributed by atoms with Crippen molar-refractivity contribution in [2.24, 2.45) is 0 Å². The molecule has 0 radical (unpaired) electrons. The molecular weight excluding hydrogens is 190 g/mol. The lowest BCUT2D eigenvalue weighted by Crippen LogP contribution is -2.42. The van der Waals surface area contributed by atoms with E-state index in [1.807, 2.05) is 0 Å². The van der Waals surface area contributed by atoms with Crippen molar-refractivity contribution in [1.82, 2.24) is 5.32 Å². The van der Waals surface area contributed by atoms with E-state index in [2.05, 4.69) is 24.4 Å². The van der Waals surface area contributed by atoms with Gasteiger partial charge in [0.05, 0.1) is 13.2 Å². The van der Waals surface area contributed by atoms with Crippen LogP contribution in [-0.4, -0.2) is 31.6 Å². The zero-order chi connectivity index (χ0) is 10.6. The minimum Gasteiger partial charge on any atom is -0.348 e. The molecule has 15 heavy (non-hydrogen) atoms. The third kappa shape index (κ3) is 2.80. The van der Waals surface area contributed by atoms with Gasteiger partial charge in [-0.15, -0.1) is 0 Å². The van der Waals surface area contributed by atoms with Crippen LogP contribution >= 0.6 is 0 Å². The van der Waals surface area contributed by atoms with Gasteiger partial charge in [-0.2, -0.15) is 0 Å². The van der Waals surface area contributed by atoms with E-state index in [-0.39, 0.29) is 5.79 Å². The minimum absolute atomic E-state index is 0.210. The van der Waals surface area contributed by atoms with Gasteiger partial charge < -0.3 is 14.8 Å². The van der Waals surface area contributed by atoms with E-state index < -0.39 is 0 Å². The Hall–Kier alpha value is -0.380. The lowest BCUT2D eigenvalue weighted by Gasteiger charge is -2.35. The third-order valence-electron chi connectivity index (χ3n) is 3.32. The van der Waals surface area contributed by atoms with Gasteiger partial charge in [0.25, 0.3) is 0 Å². The molecule has 1 saturated heterocycles.